The minimum Gasteiger partial charge on any atom is -0.450 e. The van der Waals surface area contributed by atoms with Gasteiger partial charge in [0, 0.05) is 39.5 Å². The lowest BCUT2D eigenvalue weighted by atomic mass is 9.96. The molecule has 0 N–H and O–H groups in total. The van der Waals surface area contributed by atoms with E-state index < -0.39 is 0 Å². The van der Waals surface area contributed by atoms with Gasteiger partial charge in [-0.3, -0.25) is 0 Å². The molecule has 0 bridgehead atoms. The maximum atomic E-state index is 6.61. The van der Waals surface area contributed by atoms with Gasteiger partial charge in [-0.05, 0) is 82.1 Å². The summed E-state index contributed by atoms with van der Waals surface area (Å²) >= 11 is 0. The number of fused-ring (bicyclic) bond motifs is 5. The Bertz CT molecular complexity index is 3070. The standard InChI is InChI=1S/C51H32N4O2/c1-4-14-34(15-5-1)49-52-50(35-16-6-2-7-17-35)54-51(53-49)39-25-28-45-47(31-39)57-46-30-37(24-27-44(46)56-45)36-18-12-19-38(29-36)42-32-55(40-20-8-3-9-21-40)43-26-23-33-13-10-11-22-41(33)48(42)43/h1-32H. The highest BCUT2D eigenvalue weighted by atomic mass is 16.6. The largest absolute Gasteiger partial charge is 0.450 e. The monoisotopic (exact) mass is 732 g/mol. The summed E-state index contributed by atoms with van der Waals surface area (Å²) in [5, 5.41) is 3.67. The van der Waals surface area contributed by atoms with Crippen molar-refractivity contribution in [2.75, 3.05) is 0 Å². The van der Waals surface area contributed by atoms with Gasteiger partial charge in [-0.15, -0.1) is 0 Å². The summed E-state index contributed by atoms with van der Waals surface area (Å²) in [4.78, 5) is 14.7. The lowest BCUT2D eigenvalue weighted by molar-refractivity contribution is 0.360. The molecule has 3 heterocycles. The van der Waals surface area contributed by atoms with E-state index in [1.807, 2.05) is 84.9 Å². The maximum Gasteiger partial charge on any atom is 0.170 e. The number of hydrogen-bond acceptors (Lipinski definition) is 5. The summed E-state index contributed by atoms with van der Waals surface area (Å²) in [5.74, 6) is 4.27. The molecule has 0 fully saturated rings. The molecule has 0 saturated heterocycles. The Morgan fingerprint density at radius 1 is 0.368 bits per heavy atom. The van der Waals surface area contributed by atoms with Crippen molar-refractivity contribution in [3.05, 3.63) is 194 Å². The highest BCUT2D eigenvalue weighted by Crippen LogP contribution is 2.48. The van der Waals surface area contributed by atoms with Crippen LogP contribution in [-0.4, -0.2) is 19.5 Å². The van der Waals surface area contributed by atoms with Crippen molar-refractivity contribution >= 4 is 21.7 Å². The van der Waals surface area contributed by atoms with Crippen LogP contribution in [0, 0.1) is 0 Å². The zero-order chi connectivity index (χ0) is 37.7. The molecule has 57 heavy (non-hydrogen) atoms. The van der Waals surface area contributed by atoms with Crippen molar-refractivity contribution in [1.29, 1.82) is 0 Å². The second-order valence-corrected chi connectivity index (χ2v) is 14.1. The summed E-state index contributed by atoms with van der Waals surface area (Å²) in [6.45, 7) is 0. The van der Waals surface area contributed by atoms with Crippen LogP contribution in [0.5, 0.6) is 23.0 Å². The first-order chi connectivity index (χ1) is 28.2. The second kappa shape index (κ2) is 13.5. The fourth-order valence-electron chi connectivity index (χ4n) is 7.73. The first-order valence-electron chi connectivity index (χ1n) is 18.9. The minimum atomic E-state index is 0.548. The molecule has 1 aliphatic heterocycles. The summed E-state index contributed by atoms with van der Waals surface area (Å²) < 4.78 is 15.3. The average Bonchev–Trinajstić information content (AvgIpc) is 3.69. The molecular weight excluding hydrogens is 701 g/mol. The van der Waals surface area contributed by atoms with Crippen molar-refractivity contribution in [3.8, 4) is 85.1 Å². The topological polar surface area (TPSA) is 62.1 Å². The van der Waals surface area contributed by atoms with Crippen molar-refractivity contribution in [1.82, 2.24) is 19.5 Å². The Hall–Kier alpha value is -7.83. The molecule has 2 aromatic heterocycles. The smallest absolute Gasteiger partial charge is 0.170 e. The zero-order valence-electron chi connectivity index (χ0n) is 30.6. The van der Waals surface area contributed by atoms with Crippen LogP contribution in [0.1, 0.15) is 0 Å². The highest BCUT2D eigenvalue weighted by Gasteiger charge is 2.22. The molecule has 0 saturated carbocycles. The van der Waals surface area contributed by atoms with Gasteiger partial charge < -0.3 is 14.0 Å². The Labute approximate surface area is 328 Å². The van der Waals surface area contributed by atoms with Gasteiger partial charge in [-0.1, -0.05) is 133 Å². The average molecular weight is 733 g/mol. The number of benzene rings is 8. The molecule has 6 heteroatoms. The van der Waals surface area contributed by atoms with Crippen molar-refractivity contribution < 1.29 is 9.47 Å². The Balaban J connectivity index is 0.959. The quantitative estimate of drug-likeness (QED) is 0.170. The Kier molecular flexibility index (Phi) is 7.71. The fraction of sp³-hybridized carbons (Fsp3) is 0. The Morgan fingerprint density at radius 2 is 0.895 bits per heavy atom. The van der Waals surface area contributed by atoms with Crippen LogP contribution in [0.4, 0.5) is 0 Å². The minimum absolute atomic E-state index is 0.548. The molecule has 0 amide bonds. The SMILES string of the molecule is c1ccc(-c2nc(-c3ccccc3)nc(-c3ccc4c(c3)Oc3cc(-c5cccc(-c6cn(-c7ccccc7)c7ccc8ccccc8c67)c5)ccc3O4)n2)cc1. The molecule has 0 unspecified atom stereocenters. The third-order valence-electron chi connectivity index (χ3n) is 10.5. The number of nitrogens with zero attached hydrogens (tertiary/aromatic N) is 4. The van der Waals surface area contributed by atoms with E-state index in [0.29, 0.717) is 40.5 Å². The van der Waals surface area contributed by atoms with E-state index in [2.05, 4.69) is 114 Å². The molecule has 8 aromatic carbocycles. The number of para-hydroxylation sites is 1. The molecule has 10 aromatic rings. The van der Waals surface area contributed by atoms with Crippen LogP contribution in [0.15, 0.2) is 194 Å². The molecule has 0 atom stereocenters. The number of aromatic nitrogens is 4. The molecule has 268 valence electrons. The van der Waals surface area contributed by atoms with Crippen molar-refractivity contribution in [3.63, 3.8) is 0 Å². The van der Waals surface area contributed by atoms with Gasteiger partial charge in [0.15, 0.2) is 40.5 Å². The van der Waals surface area contributed by atoms with Gasteiger partial charge >= 0.3 is 0 Å². The predicted octanol–water partition coefficient (Wildman–Crippen LogP) is 13.2. The van der Waals surface area contributed by atoms with Gasteiger partial charge in [0.05, 0.1) is 5.52 Å². The van der Waals surface area contributed by atoms with Crippen LogP contribution in [0.2, 0.25) is 0 Å². The van der Waals surface area contributed by atoms with E-state index >= 15 is 0 Å². The van der Waals surface area contributed by atoms with Crippen molar-refractivity contribution in [2.45, 2.75) is 0 Å². The van der Waals surface area contributed by atoms with Crippen molar-refractivity contribution in [2.24, 2.45) is 0 Å². The van der Waals surface area contributed by atoms with E-state index in [9.17, 15) is 0 Å². The normalized spacial score (nSPS) is 11.8. The molecule has 6 nitrogen and oxygen atoms in total. The van der Waals surface area contributed by atoms with Crippen LogP contribution < -0.4 is 9.47 Å². The Morgan fingerprint density at radius 3 is 1.60 bits per heavy atom. The van der Waals surface area contributed by atoms with Gasteiger partial charge in [0.25, 0.3) is 0 Å². The molecule has 0 radical (unpaired) electrons. The maximum absolute atomic E-state index is 6.61. The fourth-order valence-corrected chi connectivity index (χ4v) is 7.73. The molecule has 0 aliphatic carbocycles. The first-order valence-corrected chi connectivity index (χ1v) is 18.9. The summed E-state index contributed by atoms with van der Waals surface area (Å²) in [5.41, 5.74) is 9.32. The number of rotatable bonds is 6. The highest BCUT2D eigenvalue weighted by molar-refractivity contribution is 6.14. The number of hydrogen-bond donors (Lipinski definition) is 0. The van der Waals surface area contributed by atoms with E-state index in [1.54, 1.807) is 0 Å². The lowest BCUT2D eigenvalue weighted by Gasteiger charge is -2.22. The van der Waals surface area contributed by atoms with Crippen LogP contribution in [0.3, 0.4) is 0 Å². The number of ether oxygens (including phenoxy) is 2. The lowest BCUT2D eigenvalue weighted by Crippen LogP contribution is -2.02. The third-order valence-corrected chi connectivity index (χ3v) is 10.5. The van der Waals surface area contributed by atoms with Gasteiger partial charge in [0.2, 0.25) is 0 Å². The summed E-state index contributed by atoms with van der Waals surface area (Å²) in [6.07, 6.45) is 2.27. The van der Waals surface area contributed by atoms with Gasteiger partial charge in [-0.2, -0.15) is 0 Å². The van der Waals surface area contributed by atoms with Gasteiger partial charge in [-0.25, -0.2) is 15.0 Å². The predicted molar refractivity (Wildman–Crippen MR) is 228 cm³/mol. The van der Waals surface area contributed by atoms with E-state index in [1.165, 1.54) is 27.2 Å². The van der Waals surface area contributed by atoms with E-state index in [-0.39, 0.29) is 0 Å². The first kappa shape index (κ1) is 32.6. The van der Waals surface area contributed by atoms with E-state index in [4.69, 9.17) is 24.4 Å². The van der Waals surface area contributed by atoms with Gasteiger partial charge in [0.1, 0.15) is 0 Å². The van der Waals surface area contributed by atoms with Crippen LogP contribution in [0.25, 0.3) is 83.8 Å². The molecule has 0 spiro atoms. The molecule has 1 aliphatic rings. The second-order valence-electron chi connectivity index (χ2n) is 14.1. The van der Waals surface area contributed by atoms with E-state index in [0.717, 1.165) is 39.1 Å². The molecule has 11 rings (SSSR count). The summed E-state index contributed by atoms with van der Waals surface area (Å²) in [6, 6.07) is 64.2. The van der Waals surface area contributed by atoms with Crippen LogP contribution in [-0.2, 0) is 0 Å². The summed E-state index contributed by atoms with van der Waals surface area (Å²) in [7, 11) is 0. The third kappa shape index (κ3) is 5.88. The molecular formula is C51H32N4O2. The van der Waals surface area contributed by atoms with Crippen LogP contribution >= 0.6 is 0 Å². The zero-order valence-corrected chi connectivity index (χ0v) is 30.6.